The number of phenolic OH excluding ortho intramolecular Hbond substituents is 1. The van der Waals surface area contributed by atoms with Crippen LogP contribution in [0.25, 0.3) is 5.76 Å². The van der Waals surface area contributed by atoms with E-state index in [-0.39, 0.29) is 29.7 Å². The van der Waals surface area contributed by atoms with Crippen LogP contribution in [0.15, 0.2) is 23.0 Å². The van der Waals surface area contributed by atoms with Crippen LogP contribution >= 0.6 is 0 Å². The fraction of sp³-hybridized carbons (Fsp3) is 0.519. The van der Waals surface area contributed by atoms with Gasteiger partial charge in [0.25, 0.3) is 5.91 Å². The number of primary amides is 1. The van der Waals surface area contributed by atoms with Crippen LogP contribution in [0.4, 0.5) is 5.69 Å². The van der Waals surface area contributed by atoms with Gasteiger partial charge in [-0.15, -0.1) is 0 Å². The van der Waals surface area contributed by atoms with E-state index in [1.165, 1.54) is 12.8 Å². The van der Waals surface area contributed by atoms with Gasteiger partial charge in [0.1, 0.15) is 22.8 Å². The Balaban J connectivity index is 1.63. The summed E-state index contributed by atoms with van der Waals surface area (Å²) in [7, 11) is 3.74. The SMILES string of the molecule is CN(C)c1cc(CCCC2CC2)c(O)c2c1C[C@H]1C[C@H]3CC(=O)C(C(N)=O)=C(O)[C@@]3(O)C(=O)C1=C2O. The molecule has 0 spiro atoms. The summed E-state index contributed by atoms with van der Waals surface area (Å²) in [6.07, 6.45) is 5.17. The lowest BCUT2D eigenvalue weighted by atomic mass is 9.59. The predicted octanol–water partition coefficient (Wildman–Crippen LogP) is 2.22. The number of ketones is 2. The summed E-state index contributed by atoms with van der Waals surface area (Å²) in [6, 6.07) is 1.93. The Bertz CT molecular complexity index is 1260. The molecule has 1 aromatic carbocycles. The van der Waals surface area contributed by atoms with Crippen LogP contribution in [0.2, 0.25) is 0 Å². The Morgan fingerprint density at radius 1 is 1.17 bits per heavy atom. The van der Waals surface area contributed by atoms with Crippen molar-refractivity contribution in [3.05, 3.63) is 39.7 Å². The number of benzene rings is 1. The van der Waals surface area contributed by atoms with Crippen molar-refractivity contribution in [2.24, 2.45) is 23.5 Å². The van der Waals surface area contributed by atoms with Crippen LogP contribution in [0, 0.1) is 17.8 Å². The Morgan fingerprint density at radius 3 is 2.47 bits per heavy atom. The van der Waals surface area contributed by atoms with Gasteiger partial charge in [-0.3, -0.25) is 14.4 Å². The first kappa shape index (κ1) is 24.4. The number of amides is 1. The number of carbonyl (C=O) groups is 3. The number of hydrogen-bond acceptors (Lipinski definition) is 8. The van der Waals surface area contributed by atoms with E-state index >= 15 is 0 Å². The Labute approximate surface area is 208 Å². The molecule has 0 unspecified atom stereocenters. The molecule has 5 rings (SSSR count). The zero-order valence-electron chi connectivity index (χ0n) is 20.5. The fourth-order valence-corrected chi connectivity index (χ4v) is 6.30. The number of Topliss-reactive ketones (excluding diaryl/α,β-unsaturated/α-hetero) is 2. The maximum atomic E-state index is 13.7. The first-order chi connectivity index (χ1) is 17.0. The number of hydrogen-bond donors (Lipinski definition) is 5. The maximum Gasteiger partial charge on any atom is 0.255 e. The van der Waals surface area contributed by atoms with Gasteiger partial charge >= 0.3 is 0 Å². The van der Waals surface area contributed by atoms with Crippen LogP contribution in [0.3, 0.4) is 0 Å². The Kier molecular flexibility index (Phi) is 5.66. The second-order valence-corrected chi connectivity index (χ2v) is 10.9. The number of phenols is 1. The third-order valence-electron chi connectivity index (χ3n) is 8.36. The molecular weight excluding hydrogens is 464 g/mol. The van der Waals surface area contributed by atoms with Crippen LogP contribution in [-0.2, 0) is 27.2 Å². The van der Waals surface area contributed by atoms with Gasteiger partial charge in [-0.2, -0.15) is 0 Å². The minimum absolute atomic E-state index is 0.0897. The largest absolute Gasteiger partial charge is 0.508 e. The molecule has 3 atom stereocenters. The Morgan fingerprint density at radius 2 is 1.86 bits per heavy atom. The van der Waals surface area contributed by atoms with Crippen molar-refractivity contribution in [2.45, 2.75) is 57.0 Å². The highest BCUT2D eigenvalue weighted by Gasteiger charge is 2.60. The lowest BCUT2D eigenvalue weighted by Gasteiger charge is -2.46. The predicted molar refractivity (Wildman–Crippen MR) is 131 cm³/mol. The summed E-state index contributed by atoms with van der Waals surface area (Å²) in [4.78, 5) is 39.9. The zero-order valence-corrected chi connectivity index (χ0v) is 20.5. The molecular formula is C27H32N2O7. The molecule has 4 aliphatic carbocycles. The van der Waals surface area contributed by atoms with Crippen LogP contribution in [0.1, 0.15) is 55.2 Å². The molecule has 0 saturated heterocycles. The minimum Gasteiger partial charge on any atom is -0.508 e. The van der Waals surface area contributed by atoms with Gasteiger partial charge in [0.15, 0.2) is 11.4 Å². The van der Waals surface area contributed by atoms with Crippen molar-refractivity contribution in [2.75, 3.05) is 19.0 Å². The smallest absolute Gasteiger partial charge is 0.255 e. The summed E-state index contributed by atoms with van der Waals surface area (Å²) in [5.41, 5.74) is 4.14. The number of aromatic hydroxyl groups is 1. The highest BCUT2D eigenvalue weighted by Crippen LogP contribution is 2.53. The number of nitrogens with two attached hydrogens (primary N) is 1. The van der Waals surface area contributed by atoms with Crippen molar-refractivity contribution in [3.8, 4) is 5.75 Å². The average molecular weight is 497 g/mol. The quantitative estimate of drug-likeness (QED) is 0.375. The summed E-state index contributed by atoms with van der Waals surface area (Å²) < 4.78 is 0. The minimum atomic E-state index is -2.54. The monoisotopic (exact) mass is 496 g/mol. The molecule has 0 bridgehead atoms. The summed E-state index contributed by atoms with van der Waals surface area (Å²) >= 11 is 0. The third-order valence-corrected chi connectivity index (χ3v) is 8.36. The first-order valence-corrected chi connectivity index (χ1v) is 12.5. The van der Waals surface area contributed by atoms with E-state index in [4.69, 9.17) is 5.73 Å². The molecule has 4 aliphatic rings. The van der Waals surface area contributed by atoms with Crippen molar-refractivity contribution < 1.29 is 34.8 Å². The lowest BCUT2D eigenvalue weighted by molar-refractivity contribution is -0.147. The van der Waals surface area contributed by atoms with E-state index in [0.717, 1.165) is 24.4 Å². The molecule has 36 heavy (non-hydrogen) atoms. The second kappa shape index (κ2) is 8.37. The number of aliphatic hydroxyl groups is 3. The van der Waals surface area contributed by atoms with Gasteiger partial charge < -0.3 is 31.1 Å². The van der Waals surface area contributed by atoms with Crippen molar-refractivity contribution >= 4 is 28.9 Å². The van der Waals surface area contributed by atoms with Gasteiger partial charge in [0.05, 0.1) is 5.56 Å². The topological polar surface area (TPSA) is 161 Å². The van der Waals surface area contributed by atoms with Crippen molar-refractivity contribution in [1.82, 2.24) is 0 Å². The molecule has 0 aliphatic heterocycles. The van der Waals surface area contributed by atoms with Crippen LogP contribution < -0.4 is 10.6 Å². The van der Waals surface area contributed by atoms with Gasteiger partial charge in [0, 0.05) is 37.7 Å². The molecule has 1 amide bonds. The van der Waals surface area contributed by atoms with E-state index in [2.05, 4.69) is 0 Å². The van der Waals surface area contributed by atoms with Gasteiger partial charge in [0.2, 0.25) is 5.78 Å². The van der Waals surface area contributed by atoms with E-state index < -0.39 is 52.0 Å². The standard InChI is InChI=1S/C27H32N2O7/c1-29(2)17-10-13(5-3-4-12-6-7-12)22(31)20-16(17)9-14-8-15-11-18(30)21(26(28)35)25(34)27(15,36)24(33)19(14)23(20)32/h10,12,14-15,31-32,34,36H,3-9,11H2,1-2H3,(H2,28,35)/t14-,15+,27+/m1/s1. The van der Waals surface area contributed by atoms with Crippen molar-refractivity contribution in [1.29, 1.82) is 0 Å². The third kappa shape index (κ3) is 3.51. The summed E-state index contributed by atoms with van der Waals surface area (Å²) in [5, 5.41) is 44.7. The highest BCUT2D eigenvalue weighted by molar-refractivity contribution is 6.22. The molecule has 9 nitrogen and oxygen atoms in total. The molecule has 9 heteroatoms. The van der Waals surface area contributed by atoms with Gasteiger partial charge in [-0.05, 0) is 54.7 Å². The van der Waals surface area contributed by atoms with Crippen LogP contribution in [0.5, 0.6) is 5.75 Å². The number of nitrogens with zero attached hydrogens (tertiary/aromatic N) is 1. The van der Waals surface area contributed by atoms with Crippen molar-refractivity contribution in [3.63, 3.8) is 0 Å². The number of carbonyl (C=O) groups excluding carboxylic acids is 3. The zero-order chi connectivity index (χ0) is 26.1. The molecule has 2 saturated carbocycles. The average Bonchev–Trinajstić information content (AvgIpc) is 3.61. The van der Waals surface area contributed by atoms with E-state index in [9.17, 15) is 34.8 Å². The molecule has 192 valence electrons. The second-order valence-electron chi connectivity index (χ2n) is 10.9. The maximum absolute atomic E-state index is 13.7. The highest BCUT2D eigenvalue weighted by atomic mass is 16.3. The summed E-state index contributed by atoms with van der Waals surface area (Å²) in [6.45, 7) is 0. The van der Waals surface area contributed by atoms with E-state index in [1.807, 2.05) is 25.1 Å². The van der Waals surface area contributed by atoms with Crippen LogP contribution in [-0.4, -0.2) is 57.6 Å². The molecule has 0 heterocycles. The Hall–Kier alpha value is -3.33. The molecule has 0 aromatic heterocycles. The molecule has 2 fully saturated rings. The number of aliphatic hydroxyl groups excluding tert-OH is 2. The number of rotatable bonds is 6. The van der Waals surface area contributed by atoms with E-state index in [0.29, 0.717) is 24.0 Å². The van der Waals surface area contributed by atoms with Gasteiger partial charge in [-0.1, -0.05) is 19.3 Å². The van der Waals surface area contributed by atoms with Gasteiger partial charge in [-0.25, -0.2) is 0 Å². The molecule has 6 N–H and O–H groups in total. The number of anilines is 1. The number of aryl methyl sites for hydroxylation is 1. The lowest BCUT2D eigenvalue weighted by Crippen LogP contribution is -2.58. The normalized spacial score (nSPS) is 27.5. The first-order valence-electron chi connectivity index (χ1n) is 12.5. The fourth-order valence-electron chi connectivity index (χ4n) is 6.30. The molecule has 0 radical (unpaired) electrons. The molecule has 1 aromatic rings. The van der Waals surface area contributed by atoms with E-state index in [1.54, 1.807) is 0 Å². The summed E-state index contributed by atoms with van der Waals surface area (Å²) in [5.74, 6) is -5.27. The number of fused-ring (bicyclic) bond motifs is 3.